The molecule has 0 radical (unpaired) electrons. The number of nitrogens with zero attached hydrogens (tertiary/aromatic N) is 2. The lowest BCUT2D eigenvalue weighted by molar-refractivity contribution is 0.268. The van der Waals surface area contributed by atoms with Crippen molar-refractivity contribution in [3.05, 3.63) is 35.4 Å². The Labute approximate surface area is 105 Å². The van der Waals surface area contributed by atoms with Crippen molar-refractivity contribution in [3.63, 3.8) is 0 Å². The van der Waals surface area contributed by atoms with E-state index in [1.165, 1.54) is 43.5 Å². The van der Waals surface area contributed by atoms with E-state index in [0.717, 1.165) is 13.2 Å². The molecule has 94 valence electrons. The summed E-state index contributed by atoms with van der Waals surface area (Å²) in [5, 5.41) is 0. The number of benzene rings is 1. The molecular formula is C15H24N2. The molecule has 0 atom stereocenters. The molecule has 1 aromatic rings. The van der Waals surface area contributed by atoms with E-state index >= 15 is 0 Å². The quantitative estimate of drug-likeness (QED) is 0.770. The van der Waals surface area contributed by atoms with Gasteiger partial charge in [0.15, 0.2) is 0 Å². The number of hydrogen-bond acceptors (Lipinski definition) is 2. The van der Waals surface area contributed by atoms with E-state index in [-0.39, 0.29) is 0 Å². The van der Waals surface area contributed by atoms with E-state index in [1.54, 1.807) is 0 Å². The van der Waals surface area contributed by atoms with E-state index in [9.17, 15) is 0 Å². The molecule has 1 saturated heterocycles. The first-order chi connectivity index (χ1) is 8.28. The average Bonchev–Trinajstić information content (AvgIpc) is 2.74. The molecule has 17 heavy (non-hydrogen) atoms. The van der Waals surface area contributed by atoms with Gasteiger partial charge in [-0.15, -0.1) is 0 Å². The van der Waals surface area contributed by atoms with Gasteiger partial charge >= 0.3 is 0 Å². The second-order valence-corrected chi connectivity index (χ2v) is 5.19. The predicted octanol–water partition coefficient (Wildman–Crippen LogP) is 2.73. The third-order valence-electron chi connectivity index (χ3n) is 3.49. The summed E-state index contributed by atoms with van der Waals surface area (Å²) >= 11 is 0. The van der Waals surface area contributed by atoms with Gasteiger partial charge in [-0.3, -0.25) is 9.80 Å². The molecule has 1 heterocycles. The van der Waals surface area contributed by atoms with Gasteiger partial charge in [-0.1, -0.05) is 37.6 Å². The number of aryl methyl sites for hydroxylation is 1. The standard InChI is InChI=1S/C15H24N2/c1-3-4-5-14-6-8-15(9-7-14)12-17-11-10-16(2)13-17/h6-9H,3-5,10-13H2,1-2H3. The minimum atomic E-state index is 1.10. The SMILES string of the molecule is CCCCc1ccc(CN2CCN(C)C2)cc1. The maximum atomic E-state index is 2.50. The lowest BCUT2D eigenvalue weighted by atomic mass is 10.1. The topological polar surface area (TPSA) is 6.48 Å². The summed E-state index contributed by atoms with van der Waals surface area (Å²) in [6, 6.07) is 9.18. The van der Waals surface area contributed by atoms with Crippen molar-refractivity contribution in [1.82, 2.24) is 9.80 Å². The first-order valence-electron chi connectivity index (χ1n) is 6.76. The van der Waals surface area contributed by atoms with Crippen LogP contribution in [-0.4, -0.2) is 36.6 Å². The van der Waals surface area contributed by atoms with Crippen molar-refractivity contribution >= 4 is 0 Å². The molecule has 1 aliphatic rings. The third-order valence-corrected chi connectivity index (χ3v) is 3.49. The van der Waals surface area contributed by atoms with Gasteiger partial charge in [0.2, 0.25) is 0 Å². The minimum Gasteiger partial charge on any atom is -0.292 e. The largest absolute Gasteiger partial charge is 0.292 e. The average molecular weight is 232 g/mol. The number of hydrogen-bond donors (Lipinski definition) is 0. The second kappa shape index (κ2) is 6.18. The normalized spacial score (nSPS) is 17.8. The zero-order valence-electron chi connectivity index (χ0n) is 11.2. The van der Waals surface area contributed by atoms with Gasteiger partial charge in [0.05, 0.1) is 6.67 Å². The zero-order chi connectivity index (χ0) is 12.1. The van der Waals surface area contributed by atoms with Crippen LogP contribution in [0.1, 0.15) is 30.9 Å². The van der Waals surface area contributed by atoms with Crippen LogP contribution < -0.4 is 0 Å². The van der Waals surface area contributed by atoms with Crippen LogP contribution in [-0.2, 0) is 13.0 Å². The zero-order valence-corrected chi connectivity index (χ0v) is 11.2. The van der Waals surface area contributed by atoms with Crippen LogP contribution in [0, 0.1) is 0 Å². The Bertz CT molecular complexity index is 331. The lowest BCUT2D eigenvalue weighted by Crippen LogP contribution is -2.22. The fourth-order valence-electron chi connectivity index (χ4n) is 2.37. The van der Waals surface area contributed by atoms with Crippen LogP contribution in [0.2, 0.25) is 0 Å². The third kappa shape index (κ3) is 3.83. The van der Waals surface area contributed by atoms with Crippen molar-refractivity contribution in [1.29, 1.82) is 0 Å². The van der Waals surface area contributed by atoms with Crippen LogP contribution in [0.4, 0.5) is 0 Å². The second-order valence-electron chi connectivity index (χ2n) is 5.19. The smallest absolute Gasteiger partial charge is 0.0507 e. The molecule has 2 heteroatoms. The fraction of sp³-hybridized carbons (Fsp3) is 0.600. The van der Waals surface area contributed by atoms with Crippen LogP contribution in [0.25, 0.3) is 0 Å². The molecule has 0 spiro atoms. The van der Waals surface area contributed by atoms with Gasteiger partial charge < -0.3 is 0 Å². The van der Waals surface area contributed by atoms with Gasteiger partial charge in [0.1, 0.15) is 0 Å². The van der Waals surface area contributed by atoms with Gasteiger partial charge in [-0.25, -0.2) is 0 Å². The number of unbranched alkanes of at least 4 members (excludes halogenated alkanes) is 1. The van der Waals surface area contributed by atoms with Gasteiger partial charge in [-0.2, -0.15) is 0 Å². The molecule has 1 aromatic carbocycles. The molecular weight excluding hydrogens is 208 g/mol. The molecule has 0 amide bonds. The van der Waals surface area contributed by atoms with Crippen LogP contribution in [0.5, 0.6) is 0 Å². The van der Waals surface area contributed by atoms with Crippen molar-refractivity contribution in [2.75, 3.05) is 26.8 Å². The van der Waals surface area contributed by atoms with Crippen molar-refractivity contribution < 1.29 is 0 Å². The molecule has 2 nitrogen and oxygen atoms in total. The highest BCUT2D eigenvalue weighted by Gasteiger charge is 2.15. The maximum absolute atomic E-state index is 2.50. The maximum Gasteiger partial charge on any atom is 0.0507 e. The van der Waals surface area contributed by atoms with Crippen LogP contribution in [0.15, 0.2) is 24.3 Å². The Morgan fingerprint density at radius 1 is 1.06 bits per heavy atom. The van der Waals surface area contributed by atoms with Crippen LogP contribution >= 0.6 is 0 Å². The molecule has 2 rings (SSSR count). The monoisotopic (exact) mass is 232 g/mol. The minimum absolute atomic E-state index is 1.10. The van der Waals surface area contributed by atoms with Crippen molar-refractivity contribution in [2.24, 2.45) is 0 Å². The Morgan fingerprint density at radius 2 is 1.76 bits per heavy atom. The first-order valence-corrected chi connectivity index (χ1v) is 6.76. The Hall–Kier alpha value is -0.860. The fourth-order valence-corrected chi connectivity index (χ4v) is 2.37. The Balaban J connectivity index is 1.85. The van der Waals surface area contributed by atoms with Crippen molar-refractivity contribution in [3.8, 4) is 0 Å². The van der Waals surface area contributed by atoms with E-state index < -0.39 is 0 Å². The highest BCUT2D eigenvalue weighted by molar-refractivity contribution is 5.22. The summed E-state index contributed by atoms with van der Waals surface area (Å²) < 4.78 is 0. The van der Waals surface area contributed by atoms with Gasteiger partial charge in [-0.05, 0) is 31.0 Å². The first kappa shape index (κ1) is 12.6. The Kier molecular flexibility index (Phi) is 4.57. The summed E-state index contributed by atoms with van der Waals surface area (Å²) in [5.74, 6) is 0. The molecule has 1 aliphatic heterocycles. The Morgan fingerprint density at radius 3 is 2.35 bits per heavy atom. The van der Waals surface area contributed by atoms with E-state index in [2.05, 4.69) is 48.0 Å². The molecule has 0 aliphatic carbocycles. The lowest BCUT2D eigenvalue weighted by Gasteiger charge is -2.15. The van der Waals surface area contributed by atoms with Gasteiger partial charge in [0.25, 0.3) is 0 Å². The number of likely N-dealkylation sites (N-methyl/N-ethyl adjacent to an activating group) is 1. The summed E-state index contributed by atoms with van der Waals surface area (Å²) in [6.07, 6.45) is 3.81. The summed E-state index contributed by atoms with van der Waals surface area (Å²) in [5.41, 5.74) is 2.93. The molecule has 0 unspecified atom stereocenters. The highest BCUT2D eigenvalue weighted by atomic mass is 15.4. The predicted molar refractivity (Wildman–Crippen MR) is 73.0 cm³/mol. The molecule has 0 bridgehead atoms. The molecule has 0 aromatic heterocycles. The highest BCUT2D eigenvalue weighted by Crippen LogP contribution is 2.12. The summed E-state index contributed by atoms with van der Waals surface area (Å²) in [4.78, 5) is 4.87. The molecule has 0 saturated carbocycles. The summed E-state index contributed by atoms with van der Waals surface area (Å²) in [7, 11) is 2.19. The molecule has 0 N–H and O–H groups in total. The van der Waals surface area contributed by atoms with E-state index in [0.29, 0.717) is 0 Å². The van der Waals surface area contributed by atoms with E-state index in [1.807, 2.05) is 0 Å². The molecule has 1 fully saturated rings. The van der Waals surface area contributed by atoms with E-state index in [4.69, 9.17) is 0 Å². The van der Waals surface area contributed by atoms with Crippen molar-refractivity contribution in [2.45, 2.75) is 32.7 Å². The number of rotatable bonds is 5. The van der Waals surface area contributed by atoms with Crippen LogP contribution in [0.3, 0.4) is 0 Å². The summed E-state index contributed by atoms with van der Waals surface area (Å²) in [6.45, 7) is 6.86. The van der Waals surface area contributed by atoms with Gasteiger partial charge in [0, 0.05) is 19.6 Å².